The molecule has 0 aliphatic carbocycles. The number of aromatic nitrogens is 1. The molecule has 7 nitrogen and oxygen atoms in total. The lowest BCUT2D eigenvalue weighted by atomic mass is 10.2. The summed E-state index contributed by atoms with van der Waals surface area (Å²) in [4.78, 5) is 25.2. The van der Waals surface area contributed by atoms with E-state index in [1.807, 2.05) is 30.3 Å². The fourth-order valence-corrected chi connectivity index (χ4v) is 1.74. The van der Waals surface area contributed by atoms with Crippen LogP contribution in [0.25, 0.3) is 0 Å². The van der Waals surface area contributed by atoms with Gasteiger partial charge < -0.3 is 19.6 Å². The molecule has 0 spiro atoms. The van der Waals surface area contributed by atoms with E-state index in [9.17, 15) is 14.9 Å². The molecule has 0 bridgehead atoms. The van der Waals surface area contributed by atoms with Crippen LogP contribution in [0.1, 0.15) is 5.56 Å². The van der Waals surface area contributed by atoms with Crippen LogP contribution in [0.5, 0.6) is 5.75 Å². The molecule has 1 heterocycles. The lowest BCUT2D eigenvalue weighted by Gasteiger charge is -2.07. The van der Waals surface area contributed by atoms with Crippen LogP contribution in [0.15, 0.2) is 48.7 Å². The van der Waals surface area contributed by atoms with E-state index in [4.69, 9.17) is 9.47 Å². The topological polar surface area (TPSA) is 91.6 Å². The maximum absolute atomic E-state index is 11.6. The lowest BCUT2D eigenvalue weighted by Crippen LogP contribution is -2.17. The predicted octanol–water partition coefficient (Wildman–Crippen LogP) is 2.15. The van der Waals surface area contributed by atoms with E-state index in [0.29, 0.717) is 6.42 Å². The minimum absolute atomic E-state index is 0.0625. The Kier molecular flexibility index (Phi) is 5.42. The van der Waals surface area contributed by atoms with Crippen LogP contribution < -0.4 is 4.74 Å². The highest BCUT2D eigenvalue weighted by molar-refractivity contribution is 5.71. The molecule has 0 atom stereocenters. The lowest BCUT2D eigenvalue weighted by molar-refractivity contribution is -0.390. The SMILES string of the molecule is O=C(COc1cccnc1[N+](=O)[O-])OCCc1ccccc1. The molecule has 7 heteroatoms. The highest BCUT2D eigenvalue weighted by Gasteiger charge is 2.16. The molecule has 2 aromatic rings. The summed E-state index contributed by atoms with van der Waals surface area (Å²) in [7, 11) is 0. The number of carbonyl (C=O) groups excluding carboxylic acids is 1. The van der Waals surface area contributed by atoms with Crippen molar-refractivity contribution in [3.63, 3.8) is 0 Å². The summed E-state index contributed by atoms with van der Waals surface area (Å²) >= 11 is 0. The van der Waals surface area contributed by atoms with E-state index < -0.39 is 23.3 Å². The van der Waals surface area contributed by atoms with Crippen molar-refractivity contribution in [1.82, 2.24) is 4.98 Å². The van der Waals surface area contributed by atoms with Gasteiger partial charge in [0, 0.05) is 6.42 Å². The summed E-state index contributed by atoms with van der Waals surface area (Å²) in [6.45, 7) is -0.178. The second-order valence-electron chi connectivity index (χ2n) is 4.33. The number of ether oxygens (including phenoxy) is 2. The average molecular weight is 302 g/mol. The quantitative estimate of drug-likeness (QED) is 0.442. The smallest absolute Gasteiger partial charge is 0.406 e. The molecule has 0 amide bonds. The van der Waals surface area contributed by atoms with Crippen LogP contribution in [0.2, 0.25) is 0 Å². The first kappa shape index (κ1) is 15.4. The van der Waals surface area contributed by atoms with E-state index in [-0.39, 0.29) is 12.4 Å². The van der Waals surface area contributed by atoms with Gasteiger partial charge in [0.15, 0.2) is 6.61 Å². The minimum Gasteiger partial charge on any atom is -0.474 e. The second-order valence-corrected chi connectivity index (χ2v) is 4.33. The van der Waals surface area contributed by atoms with Gasteiger partial charge in [-0.15, -0.1) is 0 Å². The first-order valence-electron chi connectivity index (χ1n) is 6.58. The van der Waals surface area contributed by atoms with Crippen molar-refractivity contribution < 1.29 is 19.2 Å². The van der Waals surface area contributed by atoms with Gasteiger partial charge in [0.25, 0.3) is 0 Å². The molecule has 0 saturated heterocycles. The molecule has 0 saturated carbocycles. The van der Waals surface area contributed by atoms with Gasteiger partial charge in [-0.1, -0.05) is 30.3 Å². The Balaban J connectivity index is 1.77. The van der Waals surface area contributed by atoms with Gasteiger partial charge in [0.2, 0.25) is 5.75 Å². The first-order valence-corrected chi connectivity index (χ1v) is 6.58. The molecule has 2 rings (SSSR count). The molecule has 0 aliphatic heterocycles. The van der Waals surface area contributed by atoms with Gasteiger partial charge in [-0.2, -0.15) is 0 Å². The van der Waals surface area contributed by atoms with E-state index >= 15 is 0 Å². The number of hydrogen-bond acceptors (Lipinski definition) is 6. The standard InChI is InChI=1S/C15H14N2O5/c18-14(21-10-8-12-5-2-1-3-6-12)11-22-13-7-4-9-16-15(13)17(19)20/h1-7,9H,8,10-11H2. The Morgan fingerprint density at radius 1 is 1.18 bits per heavy atom. The molecule has 22 heavy (non-hydrogen) atoms. The van der Waals surface area contributed by atoms with Gasteiger partial charge in [0.1, 0.15) is 6.20 Å². The average Bonchev–Trinajstić information content (AvgIpc) is 2.54. The van der Waals surface area contributed by atoms with E-state index in [2.05, 4.69) is 4.98 Å². The van der Waals surface area contributed by atoms with Crippen molar-refractivity contribution in [2.24, 2.45) is 0 Å². The number of rotatable bonds is 7. The number of esters is 1. The third kappa shape index (κ3) is 4.55. The van der Waals surface area contributed by atoms with Crippen LogP contribution >= 0.6 is 0 Å². The number of pyridine rings is 1. The normalized spacial score (nSPS) is 10.0. The maximum atomic E-state index is 11.6. The molecule has 1 aromatic carbocycles. The van der Waals surface area contributed by atoms with Crippen molar-refractivity contribution in [2.75, 3.05) is 13.2 Å². The molecular weight excluding hydrogens is 288 g/mol. The monoisotopic (exact) mass is 302 g/mol. The largest absolute Gasteiger partial charge is 0.474 e. The molecule has 1 aromatic heterocycles. The molecule has 0 unspecified atom stereocenters. The van der Waals surface area contributed by atoms with Gasteiger partial charge >= 0.3 is 11.8 Å². The Morgan fingerprint density at radius 2 is 1.95 bits per heavy atom. The van der Waals surface area contributed by atoms with Crippen molar-refractivity contribution in [3.8, 4) is 5.75 Å². The Hall–Kier alpha value is -2.96. The van der Waals surface area contributed by atoms with Crippen molar-refractivity contribution in [3.05, 3.63) is 64.3 Å². The van der Waals surface area contributed by atoms with E-state index in [1.54, 1.807) is 0 Å². The van der Waals surface area contributed by atoms with Crippen LogP contribution in [0.4, 0.5) is 5.82 Å². The number of benzene rings is 1. The predicted molar refractivity (Wildman–Crippen MR) is 77.5 cm³/mol. The van der Waals surface area contributed by atoms with Crippen LogP contribution in [-0.2, 0) is 16.0 Å². The summed E-state index contributed by atoms with van der Waals surface area (Å²) in [5, 5.41) is 10.7. The summed E-state index contributed by atoms with van der Waals surface area (Å²) in [6.07, 6.45) is 1.88. The number of carbonyl (C=O) groups is 1. The zero-order valence-electron chi connectivity index (χ0n) is 11.7. The van der Waals surface area contributed by atoms with Crippen molar-refractivity contribution in [2.45, 2.75) is 6.42 Å². The Labute approximate surface area is 126 Å². The van der Waals surface area contributed by atoms with E-state index in [1.165, 1.54) is 18.3 Å². The molecular formula is C15H14N2O5. The highest BCUT2D eigenvalue weighted by atomic mass is 16.6. The fraction of sp³-hybridized carbons (Fsp3) is 0.200. The summed E-state index contributed by atoms with van der Waals surface area (Å²) in [5.41, 5.74) is 1.05. The van der Waals surface area contributed by atoms with Crippen LogP contribution in [0, 0.1) is 10.1 Å². The zero-order chi connectivity index (χ0) is 15.8. The molecule has 114 valence electrons. The third-order valence-corrected chi connectivity index (χ3v) is 2.77. The number of nitro groups is 1. The first-order chi connectivity index (χ1) is 10.7. The number of nitrogens with zero attached hydrogens (tertiary/aromatic N) is 2. The molecule has 0 aliphatic rings. The minimum atomic E-state index is -0.671. The molecule has 0 radical (unpaired) electrons. The summed E-state index contributed by atoms with van der Waals surface area (Å²) in [5.74, 6) is -1.08. The van der Waals surface area contributed by atoms with Gasteiger partial charge in [-0.25, -0.2) is 4.79 Å². The van der Waals surface area contributed by atoms with Crippen LogP contribution in [-0.4, -0.2) is 29.1 Å². The van der Waals surface area contributed by atoms with Crippen molar-refractivity contribution >= 4 is 11.8 Å². The van der Waals surface area contributed by atoms with Gasteiger partial charge in [0.05, 0.1) is 6.61 Å². The van der Waals surface area contributed by atoms with Gasteiger partial charge in [-0.05, 0) is 27.6 Å². The van der Waals surface area contributed by atoms with Gasteiger partial charge in [-0.3, -0.25) is 0 Å². The van der Waals surface area contributed by atoms with Crippen molar-refractivity contribution in [1.29, 1.82) is 0 Å². The summed E-state index contributed by atoms with van der Waals surface area (Å²) < 4.78 is 10.1. The number of hydrogen-bond donors (Lipinski definition) is 0. The van der Waals surface area contributed by atoms with Crippen LogP contribution in [0.3, 0.4) is 0 Å². The van der Waals surface area contributed by atoms with E-state index in [0.717, 1.165) is 5.56 Å². The summed E-state index contributed by atoms with van der Waals surface area (Å²) in [6, 6.07) is 12.5. The molecule has 0 fully saturated rings. The maximum Gasteiger partial charge on any atom is 0.406 e. The zero-order valence-corrected chi connectivity index (χ0v) is 11.7. The molecule has 0 N–H and O–H groups in total. The highest BCUT2D eigenvalue weighted by Crippen LogP contribution is 2.22. The second kappa shape index (κ2) is 7.72. The Bertz CT molecular complexity index is 645. The fourth-order valence-electron chi connectivity index (χ4n) is 1.74. The third-order valence-electron chi connectivity index (χ3n) is 2.77. The Morgan fingerprint density at radius 3 is 2.68 bits per heavy atom.